The van der Waals surface area contributed by atoms with E-state index in [0.29, 0.717) is 12.5 Å². The predicted octanol–water partition coefficient (Wildman–Crippen LogP) is 2.65. The lowest BCUT2D eigenvalue weighted by Crippen LogP contribution is -2.30. The average molecular weight is 259 g/mol. The molecule has 0 bridgehead atoms. The second-order valence-corrected chi connectivity index (χ2v) is 5.62. The van der Waals surface area contributed by atoms with Crippen molar-refractivity contribution in [2.24, 2.45) is 5.92 Å². The monoisotopic (exact) mass is 259 g/mol. The number of rotatable bonds is 4. The smallest absolute Gasteiger partial charge is 0.252 e. The van der Waals surface area contributed by atoms with Crippen LogP contribution in [-0.4, -0.2) is 18.1 Å². The summed E-state index contributed by atoms with van der Waals surface area (Å²) < 4.78 is 5.59. The van der Waals surface area contributed by atoms with Gasteiger partial charge in [0.05, 0.1) is 6.10 Å². The highest BCUT2D eigenvalue weighted by atomic mass is 16.6. The van der Waals surface area contributed by atoms with Crippen molar-refractivity contribution in [3.05, 3.63) is 35.9 Å². The van der Waals surface area contributed by atoms with Crippen LogP contribution in [0.1, 0.15) is 37.7 Å². The van der Waals surface area contributed by atoms with E-state index in [1.807, 2.05) is 30.3 Å². The first-order chi connectivity index (χ1) is 9.34. The lowest BCUT2D eigenvalue weighted by Gasteiger charge is -2.19. The molecular weight excluding hydrogens is 238 g/mol. The van der Waals surface area contributed by atoms with Crippen LogP contribution < -0.4 is 5.32 Å². The van der Waals surface area contributed by atoms with Crippen molar-refractivity contribution in [3.63, 3.8) is 0 Å². The highest BCUT2D eigenvalue weighted by Crippen LogP contribution is 2.38. The summed E-state index contributed by atoms with van der Waals surface area (Å²) in [6.07, 6.45) is 6.39. The van der Waals surface area contributed by atoms with Gasteiger partial charge in [-0.15, -0.1) is 0 Å². The Morgan fingerprint density at radius 3 is 2.63 bits per heavy atom. The normalized spacial score (nSPS) is 26.9. The number of hydrogen-bond donors (Lipinski definition) is 1. The number of carbonyl (C=O) groups is 1. The summed E-state index contributed by atoms with van der Waals surface area (Å²) in [6.45, 7) is 0.594. The van der Waals surface area contributed by atoms with E-state index in [9.17, 15) is 4.79 Å². The van der Waals surface area contributed by atoms with Gasteiger partial charge in [0.15, 0.2) is 6.10 Å². The molecule has 1 saturated carbocycles. The molecule has 2 aliphatic rings. The summed E-state index contributed by atoms with van der Waals surface area (Å²) in [6, 6.07) is 9.99. The molecule has 3 rings (SSSR count). The van der Waals surface area contributed by atoms with Gasteiger partial charge in [0.25, 0.3) is 5.91 Å². The number of hydrogen-bond acceptors (Lipinski definition) is 2. The third kappa shape index (κ3) is 3.16. The molecule has 3 heteroatoms. The van der Waals surface area contributed by atoms with Crippen molar-refractivity contribution in [2.45, 2.75) is 50.9 Å². The van der Waals surface area contributed by atoms with E-state index in [0.717, 1.165) is 5.56 Å². The summed E-state index contributed by atoms with van der Waals surface area (Å²) in [5, 5.41) is 2.97. The van der Waals surface area contributed by atoms with Crippen LogP contribution in [0.2, 0.25) is 0 Å². The Labute approximate surface area is 114 Å². The Bertz CT molecular complexity index is 426. The topological polar surface area (TPSA) is 41.6 Å². The molecule has 1 saturated heterocycles. The molecule has 0 aromatic heterocycles. The molecule has 3 nitrogen and oxygen atoms in total. The molecule has 1 aromatic rings. The summed E-state index contributed by atoms with van der Waals surface area (Å²) in [5.74, 6) is 0.667. The van der Waals surface area contributed by atoms with Crippen molar-refractivity contribution in [3.8, 4) is 0 Å². The summed E-state index contributed by atoms with van der Waals surface area (Å²) in [7, 11) is 0. The van der Waals surface area contributed by atoms with E-state index in [-0.39, 0.29) is 18.1 Å². The summed E-state index contributed by atoms with van der Waals surface area (Å²) in [5.41, 5.74) is 1.13. The van der Waals surface area contributed by atoms with Gasteiger partial charge in [-0.1, -0.05) is 49.6 Å². The molecule has 0 radical (unpaired) electrons. The van der Waals surface area contributed by atoms with E-state index in [1.54, 1.807) is 0 Å². The maximum absolute atomic E-state index is 12.0. The van der Waals surface area contributed by atoms with E-state index in [1.165, 1.54) is 32.1 Å². The Hall–Kier alpha value is -1.35. The first-order valence-corrected chi connectivity index (χ1v) is 7.32. The standard InChI is InChI=1S/C16H21NO2/c18-16(17-11-12-7-3-1-4-8-12)15-14(19-15)13-9-5-2-6-10-13/h1,3-4,7-8,13-15H,2,5-6,9-11H2,(H,17,18). The molecule has 1 heterocycles. The maximum atomic E-state index is 12.0. The van der Waals surface area contributed by atoms with Crippen molar-refractivity contribution >= 4 is 5.91 Å². The minimum absolute atomic E-state index is 0.0550. The van der Waals surface area contributed by atoms with Gasteiger partial charge >= 0.3 is 0 Å². The summed E-state index contributed by atoms with van der Waals surface area (Å²) >= 11 is 0. The van der Waals surface area contributed by atoms with Crippen LogP contribution in [0.15, 0.2) is 30.3 Å². The zero-order valence-corrected chi connectivity index (χ0v) is 11.2. The first kappa shape index (κ1) is 12.7. The molecule has 102 valence electrons. The fourth-order valence-corrected chi connectivity index (χ4v) is 3.04. The highest BCUT2D eigenvalue weighted by molar-refractivity contribution is 5.83. The largest absolute Gasteiger partial charge is 0.359 e. The zero-order chi connectivity index (χ0) is 13.1. The van der Waals surface area contributed by atoms with Gasteiger partial charge in [-0.2, -0.15) is 0 Å². The Balaban J connectivity index is 1.45. The summed E-state index contributed by atoms with van der Waals surface area (Å²) in [4.78, 5) is 12.0. The zero-order valence-electron chi connectivity index (χ0n) is 11.2. The molecule has 2 atom stereocenters. The van der Waals surface area contributed by atoms with Gasteiger partial charge in [-0.25, -0.2) is 0 Å². The maximum Gasteiger partial charge on any atom is 0.252 e. The molecule has 19 heavy (non-hydrogen) atoms. The minimum Gasteiger partial charge on any atom is -0.359 e. The van der Waals surface area contributed by atoms with E-state index < -0.39 is 0 Å². The number of amides is 1. The van der Waals surface area contributed by atoms with Crippen molar-refractivity contribution < 1.29 is 9.53 Å². The van der Waals surface area contributed by atoms with Gasteiger partial charge in [0.2, 0.25) is 0 Å². The van der Waals surface area contributed by atoms with E-state index in [2.05, 4.69) is 5.32 Å². The molecule has 1 amide bonds. The molecule has 1 aliphatic heterocycles. The van der Waals surface area contributed by atoms with Gasteiger partial charge < -0.3 is 10.1 Å². The van der Waals surface area contributed by atoms with Gasteiger partial charge in [0.1, 0.15) is 0 Å². The minimum atomic E-state index is -0.188. The molecule has 0 spiro atoms. The number of benzene rings is 1. The fraction of sp³-hybridized carbons (Fsp3) is 0.562. The number of carbonyl (C=O) groups excluding carboxylic acids is 1. The number of ether oxygens (including phenoxy) is 1. The third-order valence-electron chi connectivity index (χ3n) is 4.21. The van der Waals surface area contributed by atoms with Crippen LogP contribution in [0.3, 0.4) is 0 Å². The van der Waals surface area contributed by atoms with Crippen LogP contribution in [0, 0.1) is 5.92 Å². The predicted molar refractivity (Wildman–Crippen MR) is 73.5 cm³/mol. The third-order valence-corrected chi connectivity index (χ3v) is 4.21. The quantitative estimate of drug-likeness (QED) is 0.845. The van der Waals surface area contributed by atoms with Gasteiger partial charge in [-0.3, -0.25) is 4.79 Å². The lowest BCUT2D eigenvalue weighted by molar-refractivity contribution is -0.122. The molecule has 2 unspecified atom stereocenters. The molecule has 1 aromatic carbocycles. The Kier molecular flexibility index (Phi) is 3.83. The van der Waals surface area contributed by atoms with Crippen molar-refractivity contribution in [1.82, 2.24) is 5.32 Å². The Morgan fingerprint density at radius 2 is 1.89 bits per heavy atom. The van der Waals surface area contributed by atoms with Crippen molar-refractivity contribution in [1.29, 1.82) is 0 Å². The van der Waals surface area contributed by atoms with Gasteiger partial charge in [0, 0.05) is 6.54 Å². The van der Waals surface area contributed by atoms with Gasteiger partial charge in [-0.05, 0) is 24.3 Å². The van der Waals surface area contributed by atoms with Crippen LogP contribution in [-0.2, 0) is 16.1 Å². The fourth-order valence-electron chi connectivity index (χ4n) is 3.04. The Morgan fingerprint density at radius 1 is 1.16 bits per heavy atom. The SMILES string of the molecule is O=C(NCc1ccccc1)C1OC1C1CCCCC1. The van der Waals surface area contributed by atoms with Crippen LogP contribution in [0.5, 0.6) is 0 Å². The second-order valence-electron chi connectivity index (χ2n) is 5.62. The van der Waals surface area contributed by atoms with Crippen LogP contribution in [0.25, 0.3) is 0 Å². The average Bonchev–Trinajstić information content (AvgIpc) is 3.27. The van der Waals surface area contributed by atoms with E-state index >= 15 is 0 Å². The molecular formula is C16H21NO2. The van der Waals surface area contributed by atoms with E-state index in [4.69, 9.17) is 4.74 Å². The molecule has 2 fully saturated rings. The van der Waals surface area contributed by atoms with Crippen LogP contribution in [0.4, 0.5) is 0 Å². The number of epoxide rings is 1. The molecule has 1 aliphatic carbocycles. The highest BCUT2D eigenvalue weighted by Gasteiger charge is 2.49. The first-order valence-electron chi connectivity index (χ1n) is 7.32. The lowest BCUT2D eigenvalue weighted by atomic mass is 9.86. The van der Waals surface area contributed by atoms with Crippen molar-refractivity contribution in [2.75, 3.05) is 0 Å². The van der Waals surface area contributed by atoms with Crippen LogP contribution >= 0.6 is 0 Å². The number of nitrogens with one attached hydrogen (secondary N) is 1. The second kappa shape index (κ2) is 5.74. The molecule has 1 N–H and O–H groups in total.